The van der Waals surface area contributed by atoms with E-state index in [0.717, 1.165) is 39.7 Å². The van der Waals surface area contributed by atoms with Crippen LogP contribution in [0.4, 0.5) is 5.13 Å². The summed E-state index contributed by atoms with van der Waals surface area (Å²) in [5, 5.41) is 5.12. The van der Waals surface area contributed by atoms with Crippen molar-refractivity contribution in [1.82, 2.24) is 4.98 Å². The number of rotatable bonds is 10. The number of aromatic nitrogens is 1. The number of nitrogens with zero attached hydrogens (tertiary/aromatic N) is 2. The average Bonchev–Trinajstić information content (AvgIpc) is 3.08. The zero-order valence-electron chi connectivity index (χ0n) is 15.1. The third kappa shape index (κ3) is 5.30. The number of hydrogen-bond acceptors (Lipinski definition) is 5. The Labute approximate surface area is 158 Å². The van der Waals surface area contributed by atoms with Crippen LogP contribution in [-0.2, 0) is 0 Å². The molecule has 3 aromatic rings. The molecule has 5 heteroatoms. The second-order valence-corrected chi connectivity index (χ2v) is 7.19. The van der Waals surface area contributed by atoms with Crippen LogP contribution in [-0.4, -0.2) is 17.8 Å². The Kier molecular flexibility index (Phi) is 7.02. The molecular formula is C21H25N3OS. The number of thiazole rings is 1. The van der Waals surface area contributed by atoms with Crippen LogP contribution in [0.25, 0.3) is 10.2 Å². The van der Waals surface area contributed by atoms with E-state index in [1.54, 1.807) is 17.6 Å². The number of unbranched alkanes of at least 4 members (excludes halogenated alkanes) is 4. The highest BCUT2D eigenvalue weighted by Gasteiger charge is 2.03. The average molecular weight is 368 g/mol. The molecule has 0 amide bonds. The standard InChI is InChI=1S/C21H25N3OS/c1-2-3-4-5-10-15-25-19-13-8-6-11-17(19)16-22-24-21-23-18-12-7-9-14-20(18)26-21/h6-9,11-14,16H,2-5,10,15H2,1H3,(H,23,24). The SMILES string of the molecule is CCCCCCCOc1ccccc1C=NNc1nc2ccccc2s1. The van der Waals surface area contributed by atoms with Gasteiger partial charge in [-0.25, -0.2) is 4.98 Å². The second-order valence-electron chi connectivity index (χ2n) is 6.16. The quantitative estimate of drug-likeness (QED) is 0.268. The van der Waals surface area contributed by atoms with Crippen LogP contribution in [0.2, 0.25) is 0 Å². The molecule has 0 saturated carbocycles. The summed E-state index contributed by atoms with van der Waals surface area (Å²) in [4.78, 5) is 4.51. The van der Waals surface area contributed by atoms with E-state index in [0.29, 0.717) is 0 Å². The van der Waals surface area contributed by atoms with Gasteiger partial charge in [0.05, 0.1) is 23.0 Å². The lowest BCUT2D eigenvalue weighted by Gasteiger charge is -2.08. The van der Waals surface area contributed by atoms with E-state index in [1.807, 2.05) is 42.5 Å². The van der Waals surface area contributed by atoms with E-state index in [-0.39, 0.29) is 0 Å². The molecule has 0 aliphatic carbocycles. The van der Waals surface area contributed by atoms with Crippen molar-refractivity contribution >= 4 is 32.9 Å². The summed E-state index contributed by atoms with van der Waals surface area (Å²) in [5.41, 5.74) is 4.98. The van der Waals surface area contributed by atoms with Gasteiger partial charge in [-0.1, -0.05) is 68.2 Å². The van der Waals surface area contributed by atoms with Gasteiger partial charge in [0, 0.05) is 5.56 Å². The Hall–Kier alpha value is -2.40. The minimum atomic E-state index is 0.750. The molecule has 2 aromatic carbocycles. The van der Waals surface area contributed by atoms with Gasteiger partial charge < -0.3 is 4.74 Å². The molecule has 0 fully saturated rings. The lowest BCUT2D eigenvalue weighted by Crippen LogP contribution is -2.00. The summed E-state index contributed by atoms with van der Waals surface area (Å²) in [5.74, 6) is 0.873. The highest BCUT2D eigenvalue weighted by atomic mass is 32.1. The first-order chi connectivity index (χ1) is 12.9. The third-order valence-corrected chi connectivity index (χ3v) is 5.02. The van der Waals surface area contributed by atoms with Crippen LogP contribution in [0.15, 0.2) is 53.6 Å². The van der Waals surface area contributed by atoms with Crippen molar-refractivity contribution in [3.63, 3.8) is 0 Å². The first-order valence-corrected chi connectivity index (χ1v) is 10.0. The van der Waals surface area contributed by atoms with Crippen molar-refractivity contribution in [3.8, 4) is 5.75 Å². The van der Waals surface area contributed by atoms with E-state index >= 15 is 0 Å². The molecule has 1 N–H and O–H groups in total. The molecule has 4 nitrogen and oxygen atoms in total. The third-order valence-electron chi connectivity index (χ3n) is 4.08. The zero-order chi connectivity index (χ0) is 18.0. The maximum atomic E-state index is 5.94. The smallest absolute Gasteiger partial charge is 0.204 e. The Morgan fingerprint density at radius 2 is 1.85 bits per heavy atom. The molecule has 0 atom stereocenters. The molecule has 26 heavy (non-hydrogen) atoms. The number of benzene rings is 2. The van der Waals surface area contributed by atoms with Crippen molar-refractivity contribution in [2.75, 3.05) is 12.0 Å². The van der Waals surface area contributed by atoms with Crippen LogP contribution in [0, 0.1) is 0 Å². The van der Waals surface area contributed by atoms with Gasteiger partial charge in [0.2, 0.25) is 5.13 Å². The lowest BCUT2D eigenvalue weighted by molar-refractivity contribution is 0.304. The topological polar surface area (TPSA) is 46.5 Å². The Balaban J connectivity index is 1.54. The van der Waals surface area contributed by atoms with Gasteiger partial charge in [-0.15, -0.1) is 0 Å². The number of hydrazone groups is 1. The van der Waals surface area contributed by atoms with Crippen LogP contribution in [0.5, 0.6) is 5.75 Å². The molecule has 0 bridgehead atoms. The van der Waals surface area contributed by atoms with Gasteiger partial charge in [0.15, 0.2) is 0 Å². The van der Waals surface area contributed by atoms with Crippen LogP contribution in [0.3, 0.4) is 0 Å². The van der Waals surface area contributed by atoms with Crippen LogP contribution >= 0.6 is 11.3 Å². The molecule has 1 aromatic heterocycles. The second kappa shape index (κ2) is 9.92. The van der Waals surface area contributed by atoms with Crippen molar-refractivity contribution in [3.05, 3.63) is 54.1 Å². The first-order valence-electron chi connectivity index (χ1n) is 9.23. The molecule has 0 aliphatic heterocycles. The summed E-state index contributed by atoms with van der Waals surface area (Å²) in [6.07, 6.45) is 7.97. The normalized spacial score (nSPS) is 11.3. The minimum Gasteiger partial charge on any atom is -0.493 e. The Morgan fingerprint density at radius 3 is 2.73 bits per heavy atom. The van der Waals surface area contributed by atoms with Crippen molar-refractivity contribution < 1.29 is 4.74 Å². The molecule has 0 unspecified atom stereocenters. The van der Waals surface area contributed by atoms with Crippen molar-refractivity contribution in [1.29, 1.82) is 0 Å². The largest absolute Gasteiger partial charge is 0.493 e. The predicted molar refractivity (Wildman–Crippen MR) is 112 cm³/mol. The van der Waals surface area contributed by atoms with Crippen LogP contribution in [0.1, 0.15) is 44.6 Å². The monoisotopic (exact) mass is 367 g/mol. The van der Waals surface area contributed by atoms with Gasteiger partial charge in [-0.05, 0) is 30.7 Å². The highest BCUT2D eigenvalue weighted by Crippen LogP contribution is 2.25. The molecule has 136 valence electrons. The van der Waals surface area contributed by atoms with Crippen molar-refractivity contribution in [2.45, 2.75) is 39.0 Å². The number of nitrogens with one attached hydrogen (secondary N) is 1. The van der Waals surface area contributed by atoms with E-state index in [1.165, 1.54) is 25.7 Å². The van der Waals surface area contributed by atoms with E-state index in [9.17, 15) is 0 Å². The Bertz CT molecular complexity index is 811. The van der Waals surface area contributed by atoms with Crippen LogP contribution < -0.4 is 10.2 Å². The van der Waals surface area contributed by atoms with E-state index in [4.69, 9.17) is 4.74 Å². The van der Waals surface area contributed by atoms with E-state index < -0.39 is 0 Å². The minimum absolute atomic E-state index is 0.750. The van der Waals surface area contributed by atoms with Gasteiger partial charge in [-0.3, -0.25) is 5.43 Å². The molecular weight excluding hydrogens is 342 g/mol. The molecule has 0 saturated heterocycles. The fourth-order valence-corrected chi connectivity index (χ4v) is 3.50. The highest BCUT2D eigenvalue weighted by molar-refractivity contribution is 7.22. The summed E-state index contributed by atoms with van der Waals surface area (Å²) in [7, 11) is 0. The van der Waals surface area contributed by atoms with E-state index in [2.05, 4.69) is 28.5 Å². The zero-order valence-corrected chi connectivity index (χ0v) is 16.0. The summed E-state index contributed by atoms with van der Waals surface area (Å²) in [6.45, 7) is 2.98. The number of fused-ring (bicyclic) bond motifs is 1. The van der Waals surface area contributed by atoms with Crippen molar-refractivity contribution in [2.24, 2.45) is 5.10 Å². The Morgan fingerprint density at radius 1 is 1.04 bits per heavy atom. The summed E-state index contributed by atoms with van der Waals surface area (Å²) < 4.78 is 7.09. The maximum Gasteiger partial charge on any atom is 0.204 e. The van der Waals surface area contributed by atoms with Gasteiger partial charge in [0.25, 0.3) is 0 Å². The molecule has 0 aliphatic rings. The number of hydrogen-bond donors (Lipinski definition) is 1. The maximum absolute atomic E-state index is 5.94. The molecule has 0 spiro atoms. The fourth-order valence-electron chi connectivity index (χ4n) is 2.68. The molecule has 0 radical (unpaired) electrons. The predicted octanol–water partition coefficient (Wildman–Crippen LogP) is 6.09. The van der Waals surface area contributed by atoms with Gasteiger partial charge in [-0.2, -0.15) is 5.10 Å². The fraction of sp³-hybridized carbons (Fsp3) is 0.333. The number of ether oxygens (including phenoxy) is 1. The van der Waals surface area contributed by atoms with Gasteiger partial charge >= 0.3 is 0 Å². The first kappa shape index (κ1) is 18.4. The summed E-state index contributed by atoms with van der Waals surface area (Å²) in [6, 6.07) is 16.1. The molecule has 3 rings (SSSR count). The lowest BCUT2D eigenvalue weighted by atomic mass is 10.2. The number of anilines is 1. The molecule has 1 heterocycles. The summed E-state index contributed by atoms with van der Waals surface area (Å²) >= 11 is 1.59. The van der Waals surface area contributed by atoms with Gasteiger partial charge in [0.1, 0.15) is 5.75 Å². The number of para-hydroxylation sites is 2.